The molecule has 0 aliphatic heterocycles. The summed E-state index contributed by atoms with van der Waals surface area (Å²) in [4.78, 5) is 0. The van der Waals surface area contributed by atoms with Crippen molar-refractivity contribution in [3.8, 4) is 5.75 Å². The molecule has 0 saturated heterocycles. The minimum absolute atomic E-state index is 0.755. The highest BCUT2D eigenvalue weighted by Crippen LogP contribution is 2.23. The molecule has 1 aromatic carbocycles. The molecule has 0 spiro atoms. The summed E-state index contributed by atoms with van der Waals surface area (Å²) in [6.45, 7) is 4.92. The molecule has 88 valence electrons. The molecule has 0 unspecified atom stereocenters. The van der Waals surface area contributed by atoms with Crippen molar-refractivity contribution in [2.45, 2.75) is 26.7 Å². The summed E-state index contributed by atoms with van der Waals surface area (Å²) in [6.07, 6.45) is 6.43. The predicted molar refractivity (Wildman–Crippen MR) is 69.8 cm³/mol. The first-order valence-electron chi connectivity index (χ1n) is 5.71. The van der Waals surface area contributed by atoms with E-state index in [0.717, 1.165) is 25.1 Å². The van der Waals surface area contributed by atoms with Gasteiger partial charge in [0.25, 0.3) is 0 Å². The monoisotopic (exact) mass is 219 g/mol. The average Bonchev–Trinajstić information content (AvgIpc) is 2.28. The number of allylic oxidation sites excluding steroid dienone is 1. The summed E-state index contributed by atoms with van der Waals surface area (Å²) in [6, 6.07) is 4.24. The zero-order valence-corrected chi connectivity index (χ0v) is 10.4. The molecule has 0 aliphatic carbocycles. The molecule has 0 fully saturated rings. The normalized spacial score (nSPS) is 11.0. The van der Waals surface area contributed by atoms with E-state index < -0.39 is 0 Å². The zero-order valence-electron chi connectivity index (χ0n) is 10.4. The molecule has 1 aromatic rings. The van der Waals surface area contributed by atoms with Crippen LogP contribution in [0.15, 0.2) is 18.2 Å². The maximum absolute atomic E-state index is 5.45. The van der Waals surface area contributed by atoms with Gasteiger partial charge in [-0.2, -0.15) is 0 Å². The topological polar surface area (TPSA) is 35.2 Å². The van der Waals surface area contributed by atoms with E-state index in [1.165, 1.54) is 16.7 Å². The van der Waals surface area contributed by atoms with Gasteiger partial charge in [0, 0.05) is 0 Å². The Morgan fingerprint density at radius 2 is 2.00 bits per heavy atom. The van der Waals surface area contributed by atoms with E-state index in [1.54, 1.807) is 7.11 Å². The highest BCUT2D eigenvalue weighted by Gasteiger charge is 2.01. The van der Waals surface area contributed by atoms with Gasteiger partial charge < -0.3 is 10.5 Å². The van der Waals surface area contributed by atoms with Gasteiger partial charge in [-0.25, -0.2) is 0 Å². The van der Waals surface area contributed by atoms with Crippen molar-refractivity contribution >= 4 is 6.08 Å². The van der Waals surface area contributed by atoms with E-state index in [2.05, 4.69) is 38.1 Å². The fourth-order valence-corrected chi connectivity index (χ4v) is 1.66. The maximum Gasteiger partial charge on any atom is 0.122 e. The van der Waals surface area contributed by atoms with Crippen LogP contribution in [-0.4, -0.2) is 13.7 Å². The lowest BCUT2D eigenvalue weighted by Gasteiger charge is -2.08. The lowest BCUT2D eigenvalue weighted by Crippen LogP contribution is -1.96. The molecule has 0 amide bonds. The molecule has 16 heavy (non-hydrogen) atoms. The molecule has 0 aliphatic rings. The highest BCUT2D eigenvalue weighted by atomic mass is 16.5. The van der Waals surface area contributed by atoms with Crippen LogP contribution in [0.1, 0.15) is 29.5 Å². The molecule has 0 bridgehead atoms. The molecule has 0 heterocycles. The summed E-state index contributed by atoms with van der Waals surface area (Å²) in [5.41, 5.74) is 9.12. The molecule has 0 aromatic heterocycles. The smallest absolute Gasteiger partial charge is 0.122 e. The van der Waals surface area contributed by atoms with Crippen LogP contribution in [0.2, 0.25) is 0 Å². The van der Waals surface area contributed by atoms with Crippen LogP contribution in [0.4, 0.5) is 0 Å². The number of unbranched alkanes of at least 4 members (excludes halogenated alkanes) is 1. The number of nitrogens with two attached hydrogens (primary N) is 1. The number of rotatable bonds is 5. The molecular weight excluding hydrogens is 198 g/mol. The zero-order chi connectivity index (χ0) is 12.0. The quantitative estimate of drug-likeness (QED) is 0.772. The summed E-state index contributed by atoms with van der Waals surface area (Å²) in [5, 5.41) is 0. The molecule has 2 nitrogen and oxygen atoms in total. The number of hydrogen-bond acceptors (Lipinski definition) is 2. The van der Waals surface area contributed by atoms with E-state index in [4.69, 9.17) is 10.5 Å². The predicted octanol–water partition coefficient (Wildman–Crippen LogP) is 3.06. The fraction of sp³-hybridized carbons (Fsp3) is 0.429. The first-order valence-corrected chi connectivity index (χ1v) is 5.71. The summed E-state index contributed by atoms with van der Waals surface area (Å²) >= 11 is 0. The second kappa shape index (κ2) is 6.33. The van der Waals surface area contributed by atoms with Gasteiger partial charge in [0.15, 0.2) is 0 Å². The van der Waals surface area contributed by atoms with E-state index in [1.807, 2.05) is 0 Å². The van der Waals surface area contributed by atoms with Gasteiger partial charge in [-0.05, 0) is 62.1 Å². The Labute approximate surface area is 98.1 Å². The SMILES string of the molecule is COc1cc(C)c(/C=C/CCCN)cc1C. The number of hydrogen-bond donors (Lipinski definition) is 1. The van der Waals surface area contributed by atoms with Gasteiger partial charge in [0.1, 0.15) is 5.75 Å². The van der Waals surface area contributed by atoms with Crippen LogP contribution in [0.3, 0.4) is 0 Å². The van der Waals surface area contributed by atoms with Crippen molar-refractivity contribution in [1.82, 2.24) is 0 Å². The average molecular weight is 219 g/mol. The second-order valence-corrected chi connectivity index (χ2v) is 4.01. The number of ether oxygens (including phenoxy) is 1. The Morgan fingerprint density at radius 1 is 1.25 bits per heavy atom. The molecular formula is C14H21NO. The van der Waals surface area contributed by atoms with Gasteiger partial charge in [-0.1, -0.05) is 12.2 Å². The standard InChI is InChI=1S/C14H21NO/c1-11-10-14(16-3)12(2)9-13(11)7-5-4-6-8-15/h5,7,9-10H,4,6,8,15H2,1-3H3/b7-5+. The van der Waals surface area contributed by atoms with Crippen molar-refractivity contribution in [2.24, 2.45) is 5.73 Å². The van der Waals surface area contributed by atoms with Gasteiger partial charge in [0.05, 0.1) is 7.11 Å². The van der Waals surface area contributed by atoms with E-state index >= 15 is 0 Å². The van der Waals surface area contributed by atoms with E-state index in [-0.39, 0.29) is 0 Å². The van der Waals surface area contributed by atoms with Crippen LogP contribution in [0, 0.1) is 13.8 Å². The minimum atomic E-state index is 0.755. The third-order valence-electron chi connectivity index (χ3n) is 2.66. The van der Waals surface area contributed by atoms with Gasteiger partial charge in [0.2, 0.25) is 0 Å². The molecule has 0 saturated carbocycles. The van der Waals surface area contributed by atoms with Gasteiger partial charge in [-0.3, -0.25) is 0 Å². The van der Waals surface area contributed by atoms with Crippen LogP contribution < -0.4 is 10.5 Å². The fourth-order valence-electron chi connectivity index (χ4n) is 1.66. The molecule has 0 atom stereocenters. The summed E-state index contributed by atoms with van der Waals surface area (Å²) in [5.74, 6) is 0.955. The Kier molecular flexibility index (Phi) is 5.06. The highest BCUT2D eigenvalue weighted by molar-refractivity contribution is 5.57. The molecule has 0 radical (unpaired) electrons. The Morgan fingerprint density at radius 3 is 2.62 bits per heavy atom. The van der Waals surface area contributed by atoms with Crippen LogP contribution in [0.25, 0.3) is 6.08 Å². The Bertz CT molecular complexity index is 369. The van der Waals surface area contributed by atoms with E-state index in [0.29, 0.717) is 0 Å². The van der Waals surface area contributed by atoms with Gasteiger partial charge >= 0.3 is 0 Å². The Balaban J connectivity index is 2.81. The lowest BCUT2D eigenvalue weighted by molar-refractivity contribution is 0.411. The van der Waals surface area contributed by atoms with Crippen molar-refractivity contribution in [3.05, 3.63) is 34.9 Å². The van der Waals surface area contributed by atoms with Crippen LogP contribution in [-0.2, 0) is 0 Å². The minimum Gasteiger partial charge on any atom is -0.496 e. The maximum atomic E-state index is 5.45. The third kappa shape index (κ3) is 3.38. The van der Waals surface area contributed by atoms with Crippen LogP contribution in [0.5, 0.6) is 5.75 Å². The molecule has 2 heteroatoms. The largest absolute Gasteiger partial charge is 0.496 e. The number of methoxy groups -OCH3 is 1. The van der Waals surface area contributed by atoms with Crippen molar-refractivity contribution in [3.63, 3.8) is 0 Å². The molecule has 2 N–H and O–H groups in total. The number of benzene rings is 1. The van der Waals surface area contributed by atoms with Crippen molar-refractivity contribution in [1.29, 1.82) is 0 Å². The van der Waals surface area contributed by atoms with Gasteiger partial charge in [-0.15, -0.1) is 0 Å². The summed E-state index contributed by atoms with van der Waals surface area (Å²) in [7, 11) is 1.71. The number of aryl methyl sites for hydroxylation is 2. The first-order chi connectivity index (χ1) is 7.69. The molecule has 1 rings (SSSR count). The summed E-state index contributed by atoms with van der Waals surface area (Å²) < 4.78 is 5.28. The first kappa shape index (κ1) is 12.8. The van der Waals surface area contributed by atoms with E-state index in [9.17, 15) is 0 Å². The second-order valence-electron chi connectivity index (χ2n) is 4.01. The Hall–Kier alpha value is -1.28. The van der Waals surface area contributed by atoms with Crippen LogP contribution >= 0.6 is 0 Å². The third-order valence-corrected chi connectivity index (χ3v) is 2.66. The lowest BCUT2D eigenvalue weighted by atomic mass is 10.0. The van der Waals surface area contributed by atoms with Crippen molar-refractivity contribution < 1.29 is 4.74 Å². The van der Waals surface area contributed by atoms with Crippen molar-refractivity contribution in [2.75, 3.05) is 13.7 Å².